The highest BCUT2D eigenvalue weighted by Gasteiger charge is 2.18. The molecule has 0 aliphatic rings. The van der Waals surface area contributed by atoms with Crippen molar-refractivity contribution in [3.05, 3.63) is 53.1 Å². The largest absolute Gasteiger partial charge is 0.493 e. The van der Waals surface area contributed by atoms with Crippen LogP contribution in [0, 0.1) is 13.8 Å². The number of nitrogens with one attached hydrogen (secondary N) is 3. The normalized spacial score (nSPS) is 11.4. The first-order chi connectivity index (χ1) is 15.6. The summed E-state index contributed by atoms with van der Waals surface area (Å²) in [7, 11) is 1.23. The third kappa shape index (κ3) is 7.34. The molecule has 2 aromatic rings. The van der Waals surface area contributed by atoms with Gasteiger partial charge >= 0.3 is 6.61 Å². The lowest BCUT2D eigenvalue weighted by Crippen LogP contribution is -2.50. The molecule has 3 amide bonds. The van der Waals surface area contributed by atoms with Crippen LogP contribution in [0.15, 0.2) is 36.4 Å². The van der Waals surface area contributed by atoms with E-state index < -0.39 is 37.0 Å². The molecule has 11 heteroatoms. The van der Waals surface area contributed by atoms with Gasteiger partial charge in [0.25, 0.3) is 17.7 Å². The maximum atomic E-state index is 12.4. The Morgan fingerprint density at radius 1 is 0.970 bits per heavy atom. The van der Waals surface area contributed by atoms with Crippen LogP contribution in [-0.2, 0) is 9.59 Å². The van der Waals surface area contributed by atoms with Crippen molar-refractivity contribution in [1.82, 2.24) is 16.2 Å². The second kappa shape index (κ2) is 11.7. The van der Waals surface area contributed by atoms with Gasteiger partial charge in [0, 0.05) is 5.56 Å². The summed E-state index contributed by atoms with van der Waals surface area (Å²) in [4.78, 5) is 36.3. The zero-order valence-electron chi connectivity index (χ0n) is 18.5. The van der Waals surface area contributed by atoms with Crippen LogP contribution in [0.4, 0.5) is 8.78 Å². The summed E-state index contributed by atoms with van der Waals surface area (Å²) < 4.78 is 39.6. The number of hydrogen-bond donors (Lipinski definition) is 3. The number of rotatable bonds is 9. The lowest BCUT2D eigenvalue weighted by Gasteiger charge is -2.17. The average Bonchev–Trinajstić information content (AvgIpc) is 2.78. The highest BCUT2D eigenvalue weighted by molar-refractivity contribution is 5.97. The van der Waals surface area contributed by atoms with Gasteiger partial charge in [0.2, 0.25) is 0 Å². The molecule has 33 heavy (non-hydrogen) atoms. The highest BCUT2D eigenvalue weighted by Crippen LogP contribution is 2.29. The fourth-order valence-electron chi connectivity index (χ4n) is 2.64. The summed E-state index contributed by atoms with van der Waals surface area (Å²) in [5.41, 5.74) is 6.36. The van der Waals surface area contributed by atoms with E-state index in [1.165, 1.54) is 26.2 Å². The van der Waals surface area contributed by atoms with E-state index in [0.29, 0.717) is 5.75 Å². The van der Waals surface area contributed by atoms with Gasteiger partial charge in [0.05, 0.1) is 13.7 Å². The van der Waals surface area contributed by atoms with E-state index in [4.69, 9.17) is 9.47 Å². The maximum absolute atomic E-state index is 12.4. The topological polar surface area (TPSA) is 115 Å². The molecule has 9 nitrogen and oxygen atoms in total. The van der Waals surface area contributed by atoms with Crippen LogP contribution in [-0.4, -0.2) is 44.1 Å². The minimum Gasteiger partial charge on any atom is -0.493 e. The smallest absolute Gasteiger partial charge is 0.387 e. The summed E-state index contributed by atoms with van der Waals surface area (Å²) in [6, 6.07) is 9.05. The first kappa shape index (κ1) is 25.4. The van der Waals surface area contributed by atoms with Crippen LogP contribution in [0.25, 0.3) is 0 Å². The predicted molar refractivity (Wildman–Crippen MR) is 114 cm³/mol. The van der Waals surface area contributed by atoms with Gasteiger partial charge in [0.15, 0.2) is 17.6 Å². The molecule has 2 rings (SSSR count). The number of hydrogen-bond acceptors (Lipinski definition) is 6. The molecule has 0 saturated heterocycles. The summed E-state index contributed by atoms with van der Waals surface area (Å²) >= 11 is 0. The third-order valence-electron chi connectivity index (χ3n) is 4.60. The number of ether oxygens (including phenoxy) is 3. The van der Waals surface area contributed by atoms with Crippen LogP contribution >= 0.6 is 0 Å². The Bertz CT molecular complexity index is 1020. The van der Waals surface area contributed by atoms with Crippen molar-refractivity contribution < 1.29 is 37.4 Å². The first-order valence-electron chi connectivity index (χ1n) is 9.85. The van der Waals surface area contributed by atoms with Crippen molar-refractivity contribution in [3.63, 3.8) is 0 Å². The predicted octanol–water partition coefficient (Wildman–Crippen LogP) is 2.26. The number of benzene rings is 2. The third-order valence-corrected chi connectivity index (χ3v) is 4.60. The molecule has 1 unspecified atom stereocenters. The molecule has 3 N–H and O–H groups in total. The first-order valence-corrected chi connectivity index (χ1v) is 9.85. The molecule has 0 saturated carbocycles. The molecule has 0 aliphatic heterocycles. The molecule has 0 fully saturated rings. The molecule has 0 aromatic heterocycles. The Morgan fingerprint density at radius 2 is 1.70 bits per heavy atom. The van der Waals surface area contributed by atoms with E-state index in [1.54, 1.807) is 6.07 Å². The van der Waals surface area contributed by atoms with Crippen molar-refractivity contribution >= 4 is 17.7 Å². The number of amides is 3. The number of hydrazine groups is 1. The molecule has 0 aliphatic carbocycles. The van der Waals surface area contributed by atoms with Crippen molar-refractivity contribution in [1.29, 1.82) is 0 Å². The lowest BCUT2D eigenvalue weighted by atomic mass is 10.1. The zero-order chi connectivity index (χ0) is 24.5. The van der Waals surface area contributed by atoms with Gasteiger partial charge in [-0.1, -0.05) is 12.1 Å². The second-order valence-corrected chi connectivity index (χ2v) is 6.92. The van der Waals surface area contributed by atoms with Gasteiger partial charge in [-0.25, -0.2) is 0 Å². The minimum absolute atomic E-state index is 0.0563. The van der Waals surface area contributed by atoms with E-state index in [2.05, 4.69) is 20.9 Å². The van der Waals surface area contributed by atoms with Crippen LogP contribution in [0.5, 0.6) is 17.2 Å². The number of halogens is 2. The van der Waals surface area contributed by atoms with Crippen LogP contribution in [0.3, 0.4) is 0 Å². The number of carbonyl (C=O) groups excluding carboxylic acids is 3. The van der Waals surface area contributed by atoms with Crippen molar-refractivity contribution in [2.24, 2.45) is 0 Å². The summed E-state index contributed by atoms with van der Waals surface area (Å²) in [5, 5.41) is 2.34. The van der Waals surface area contributed by atoms with Gasteiger partial charge < -0.3 is 19.5 Å². The lowest BCUT2D eigenvalue weighted by molar-refractivity contribution is -0.132. The summed E-state index contributed by atoms with van der Waals surface area (Å²) in [6.45, 7) is 1.81. The number of methoxy groups -OCH3 is 1. The fourth-order valence-corrected chi connectivity index (χ4v) is 2.64. The number of carbonyl (C=O) groups is 3. The van der Waals surface area contributed by atoms with Crippen LogP contribution < -0.4 is 30.4 Å². The number of alkyl halides is 2. The standard InChI is InChI=1S/C22H25F2N3O6/c1-12-6-5-7-16(13(12)2)32-14(3)20(29)27-26-19(28)11-25-21(30)15-8-9-17(33-22(23)24)18(10-15)31-4/h5-10,14,22H,11H2,1-4H3,(H,25,30)(H,26,28)(H,27,29). The van der Waals surface area contributed by atoms with Gasteiger partial charge in [0.1, 0.15) is 5.75 Å². The van der Waals surface area contributed by atoms with Crippen LogP contribution in [0.1, 0.15) is 28.4 Å². The Labute approximate surface area is 189 Å². The molecular weight excluding hydrogens is 440 g/mol. The van der Waals surface area contributed by atoms with E-state index in [1.807, 2.05) is 26.0 Å². The maximum Gasteiger partial charge on any atom is 0.387 e. The second-order valence-electron chi connectivity index (χ2n) is 6.92. The zero-order valence-corrected chi connectivity index (χ0v) is 18.5. The molecule has 0 heterocycles. The Kier molecular flexibility index (Phi) is 8.96. The Hall–Kier alpha value is -3.89. The molecule has 2 aromatic carbocycles. The molecule has 0 radical (unpaired) electrons. The van der Waals surface area contributed by atoms with Gasteiger partial charge in [-0.2, -0.15) is 8.78 Å². The Morgan fingerprint density at radius 3 is 2.36 bits per heavy atom. The van der Waals surface area contributed by atoms with Crippen molar-refractivity contribution in [2.45, 2.75) is 33.5 Å². The highest BCUT2D eigenvalue weighted by atomic mass is 19.3. The van der Waals surface area contributed by atoms with Gasteiger partial charge in [-0.15, -0.1) is 0 Å². The number of aryl methyl sites for hydroxylation is 1. The molecule has 178 valence electrons. The fraction of sp³-hybridized carbons (Fsp3) is 0.318. The SMILES string of the molecule is COc1cc(C(=O)NCC(=O)NNC(=O)C(C)Oc2cccc(C)c2C)ccc1OC(F)F. The van der Waals surface area contributed by atoms with Crippen LogP contribution in [0.2, 0.25) is 0 Å². The minimum atomic E-state index is -3.05. The van der Waals surface area contributed by atoms with Gasteiger partial charge in [-0.3, -0.25) is 25.2 Å². The Balaban J connectivity index is 1.83. The average molecular weight is 465 g/mol. The van der Waals surface area contributed by atoms with E-state index in [-0.39, 0.29) is 17.1 Å². The van der Waals surface area contributed by atoms with Crippen molar-refractivity contribution in [2.75, 3.05) is 13.7 Å². The summed E-state index contributed by atoms with van der Waals surface area (Å²) in [5.74, 6) is -1.70. The van der Waals surface area contributed by atoms with Crippen molar-refractivity contribution in [3.8, 4) is 17.2 Å². The quantitative estimate of drug-likeness (QED) is 0.490. The van der Waals surface area contributed by atoms with Gasteiger partial charge in [-0.05, 0) is 56.2 Å². The van der Waals surface area contributed by atoms with E-state index in [9.17, 15) is 23.2 Å². The molecule has 0 spiro atoms. The van der Waals surface area contributed by atoms with E-state index in [0.717, 1.165) is 17.2 Å². The molecular formula is C22H25F2N3O6. The monoisotopic (exact) mass is 465 g/mol. The van der Waals surface area contributed by atoms with E-state index >= 15 is 0 Å². The molecule has 0 bridgehead atoms. The summed E-state index contributed by atoms with van der Waals surface area (Å²) in [6.07, 6.45) is -0.887. The molecule has 1 atom stereocenters.